The normalized spacial score (nSPS) is 19.3. The molecule has 3 aromatic heterocycles. The Balaban J connectivity index is 1.52. The van der Waals surface area contributed by atoms with E-state index in [1.807, 2.05) is 30.3 Å². The van der Waals surface area contributed by atoms with Gasteiger partial charge in [-0.2, -0.15) is 9.78 Å². The van der Waals surface area contributed by atoms with Gasteiger partial charge in [0.25, 0.3) is 5.95 Å². The molecule has 0 unspecified atom stereocenters. The maximum atomic E-state index is 9.85. The van der Waals surface area contributed by atoms with Gasteiger partial charge in [-0.05, 0) is 56.4 Å². The largest absolute Gasteiger partial charge is 0.397 e. The number of aliphatic hydroxyl groups is 2. The van der Waals surface area contributed by atoms with Crippen LogP contribution in [0.3, 0.4) is 0 Å². The predicted octanol–water partition coefficient (Wildman–Crippen LogP) is 2.83. The van der Waals surface area contributed by atoms with Gasteiger partial charge < -0.3 is 15.9 Å². The van der Waals surface area contributed by atoms with E-state index in [-0.39, 0.29) is 6.10 Å². The Kier molecular flexibility index (Phi) is 4.88. The number of aliphatic hydroxyl groups excluding tert-OH is 2. The quantitative estimate of drug-likeness (QED) is 0.457. The fraction of sp³-hybridized carbons (Fsp3) is 0.304. The third-order valence-electron chi connectivity index (χ3n) is 5.85. The topological polar surface area (TPSA) is 123 Å². The van der Waals surface area contributed by atoms with E-state index < -0.39 is 6.10 Å². The van der Waals surface area contributed by atoms with Gasteiger partial charge in [0.15, 0.2) is 0 Å². The number of pyridine rings is 1. The molecule has 1 atom stereocenters. The molecular formula is C23H24N6O2. The van der Waals surface area contributed by atoms with Gasteiger partial charge in [-0.25, -0.2) is 9.97 Å². The molecule has 8 nitrogen and oxygen atoms in total. The number of nitrogens with two attached hydrogens (primary N) is 1. The van der Waals surface area contributed by atoms with Crippen LogP contribution in [0.25, 0.3) is 28.1 Å². The average molecular weight is 416 g/mol. The molecule has 1 saturated carbocycles. The molecule has 0 radical (unpaired) electrons. The number of aromatic nitrogens is 5. The molecule has 0 spiro atoms. The minimum Gasteiger partial charge on any atom is -0.397 e. The lowest BCUT2D eigenvalue weighted by molar-refractivity contribution is 0.0429. The van der Waals surface area contributed by atoms with Crippen LogP contribution in [0.1, 0.15) is 37.3 Å². The second-order valence-corrected chi connectivity index (χ2v) is 8.22. The summed E-state index contributed by atoms with van der Waals surface area (Å²) in [5, 5.41) is 24.8. The first-order valence-electron chi connectivity index (χ1n) is 10.4. The van der Waals surface area contributed by atoms with Crippen molar-refractivity contribution in [2.45, 2.75) is 38.4 Å². The summed E-state index contributed by atoms with van der Waals surface area (Å²) in [7, 11) is 0. The Labute approximate surface area is 179 Å². The fourth-order valence-electron chi connectivity index (χ4n) is 4.01. The first-order valence-corrected chi connectivity index (χ1v) is 10.4. The number of nitrogen functional groups attached to an aromatic ring is 1. The van der Waals surface area contributed by atoms with E-state index >= 15 is 0 Å². The van der Waals surface area contributed by atoms with Crippen LogP contribution in [0.15, 0.2) is 48.8 Å². The second kappa shape index (κ2) is 7.72. The third-order valence-corrected chi connectivity index (χ3v) is 5.85. The van der Waals surface area contributed by atoms with Gasteiger partial charge >= 0.3 is 0 Å². The Morgan fingerprint density at radius 1 is 1.16 bits per heavy atom. The smallest absolute Gasteiger partial charge is 0.251 e. The molecule has 0 saturated heterocycles. The lowest BCUT2D eigenvalue weighted by Crippen LogP contribution is -2.30. The van der Waals surface area contributed by atoms with Gasteiger partial charge in [0.1, 0.15) is 0 Å². The lowest BCUT2D eigenvalue weighted by atomic mass is 9.79. The summed E-state index contributed by atoms with van der Waals surface area (Å²) in [4.78, 5) is 13.6. The Bertz CT molecular complexity index is 1250. The molecule has 3 heterocycles. The van der Waals surface area contributed by atoms with Crippen LogP contribution in [0.4, 0.5) is 5.69 Å². The van der Waals surface area contributed by atoms with Crippen molar-refractivity contribution < 1.29 is 10.2 Å². The maximum absolute atomic E-state index is 9.85. The Hall–Kier alpha value is -3.36. The zero-order chi connectivity index (χ0) is 21.5. The van der Waals surface area contributed by atoms with Crippen molar-refractivity contribution in [1.82, 2.24) is 24.7 Å². The second-order valence-electron chi connectivity index (χ2n) is 8.22. The molecule has 158 valence electrons. The van der Waals surface area contributed by atoms with E-state index in [9.17, 15) is 10.2 Å². The molecule has 31 heavy (non-hydrogen) atoms. The van der Waals surface area contributed by atoms with E-state index in [1.54, 1.807) is 30.1 Å². The van der Waals surface area contributed by atoms with Gasteiger partial charge in [0, 0.05) is 17.1 Å². The van der Waals surface area contributed by atoms with Crippen LogP contribution in [0, 0.1) is 5.92 Å². The number of hydrogen-bond acceptors (Lipinski definition) is 7. The summed E-state index contributed by atoms with van der Waals surface area (Å²) in [6.45, 7) is 1.67. The van der Waals surface area contributed by atoms with E-state index in [4.69, 9.17) is 10.7 Å². The summed E-state index contributed by atoms with van der Waals surface area (Å²) >= 11 is 0. The molecule has 4 aromatic rings. The van der Waals surface area contributed by atoms with E-state index in [1.165, 1.54) is 0 Å². The molecular weight excluding hydrogens is 392 g/mol. The molecule has 0 amide bonds. The molecule has 1 aromatic carbocycles. The fourth-order valence-corrected chi connectivity index (χ4v) is 4.01. The lowest BCUT2D eigenvalue weighted by Gasteiger charge is -2.31. The monoisotopic (exact) mass is 416 g/mol. The van der Waals surface area contributed by atoms with Crippen molar-refractivity contribution in [2.24, 2.45) is 5.92 Å². The number of fused-ring (bicyclic) bond motifs is 1. The van der Waals surface area contributed by atoms with Gasteiger partial charge in [0.05, 0.1) is 46.7 Å². The van der Waals surface area contributed by atoms with E-state index in [0.29, 0.717) is 23.2 Å². The molecule has 0 bridgehead atoms. The summed E-state index contributed by atoms with van der Waals surface area (Å²) < 4.78 is 1.67. The first-order chi connectivity index (χ1) is 15.0. The van der Waals surface area contributed by atoms with Gasteiger partial charge in [-0.3, -0.25) is 4.98 Å². The van der Waals surface area contributed by atoms with E-state index in [2.05, 4.69) is 15.1 Å². The molecule has 8 heteroatoms. The molecule has 5 rings (SSSR count). The number of nitrogens with zero attached hydrogens (tertiary/aromatic N) is 5. The van der Waals surface area contributed by atoms with Crippen LogP contribution in [0.5, 0.6) is 0 Å². The van der Waals surface area contributed by atoms with Crippen LogP contribution in [-0.4, -0.2) is 41.0 Å². The van der Waals surface area contributed by atoms with Gasteiger partial charge in [-0.15, -0.1) is 0 Å². The maximum Gasteiger partial charge on any atom is 0.251 e. The van der Waals surface area contributed by atoms with E-state index in [0.717, 1.165) is 47.1 Å². The van der Waals surface area contributed by atoms with Crippen molar-refractivity contribution in [1.29, 1.82) is 0 Å². The molecule has 0 aliphatic heterocycles. The van der Waals surface area contributed by atoms with Gasteiger partial charge in [0.2, 0.25) is 0 Å². The van der Waals surface area contributed by atoms with Crippen LogP contribution in [-0.2, 0) is 6.42 Å². The first kappa shape index (κ1) is 19.6. The summed E-state index contributed by atoms with van der Waals surface area (Å²) in [5.41, 5.74) is 10.9. The predicted molar refractivity (Wildman–Crippen MR) is 117 cm³/mol. The van der Waals surface area contributed by atoms with Crippen molar-refractivity contribution in [3.05, 3.63) is 60.2 Å². The van der Waals surface area contributed by atoms with Crippen molar-refractivity contribution in [2.75, 3.05) is 5.73 Å². The van der Waals surface area contributed by atoms with Crippen LogP contribution < -0.4 is 5.73 Å². The van der Waals surface area contributed by atoms with Crippen molar-refractivity contribution >= 4 is 16.6 Å². The van der Waals surface area contributed by atoms with Crippen LogP contribution in [0.2, 0.25) is 0 Å². The molecule has 4 N–H and O–H groups in total. The average Bonchev–Trinajstić information content (AvgIpc) is 3.17. The number of hydrogen-bond donors (Lipinski definition) is 3. The number of benzene rings is 1. The molecule has 1 aliphatic rings. The Morgan fingerprint density at radius 3 is 2.77 bits per heavy atom. The highest BCUT2D eigenvalue weighted by Crippen LogP contribution is 2.32. The summed E-state index contributed by atoms with van der Waals surface area (Å²) in [6, 6.07) is 11.5. The van der Waals surface area contributed by atoms with Crippen LogP contribution >= 0.6 is 0 Å². The number of anilines is 1. The zero-order valence-corrected chi connectivity index (χ0v) is 17.2. The van der Waals surface area contributed by atoms with Crippen molar-refractivity contribution in [3.63, 3.8) is 0 Å². The third kappa shape index (κ3) is 3.75. The minimum atomic E-state index is -0.687. The summed E-state index contributed by atoms with van der Waals surface area (Å²) in [5.74, 6) is 0.836. The summed E-state index contributed by atoms with van der Waals surface area (Å²) in [6.07, 6.45) is 4.90. The highest BCUT2D eigenvalue weighted by molar-refractivity contribution is 5.84. The molecule has 1 aliphatic carbocycles. The minimum absolute atomic E-state index is 0.188. The highest BCUT2D eigenvalue weighted by atomic mass is 16.3. The Morgan fingerprint density at radius 2 is 2.00 bits per heavy atom. The standard InChI is InChI=1S/C23H24N6O2/c1-13(30)19-6-7-25-23(28-19)29-22-11-15(2-3-16(22)12-26-29)20-5-4-18(24)21(27-20)10-14-8-17(31)9-14/h2-7,11-14,17,30-31H,8-10,24H2,1H3/t13-,14?,17?/m0/s1. The SMILES string of the molecule is C[C@H](O)c1ccnc(-n2ncc3ccc(-c4ccc(N)c(CC5CC(O)C5)n4)cc32)n1. The van der Waals surface area contributed by atoms with Gasteiger partial charge in [-0.1, -0.05) is 12.1 Å². The number of rotatable bonds is 5. The van der Waals surface area contributed by atoms with Crippen molar-refractivity contribution in [3.8, 4) is 17.2 Å². The molecule has 1 fully saturated rings. The zero-order valence-electron chi connectivity index (χ0n) is 17.2. The highest BCUT2D eigenvalue weighted by Gasteiger charge is 2.28.